The third-order valence-corrected chi connectivity index (χ3v) is 5.81. The minimum atomic E-state index is -0.250. The molecule has 2 aromatic rings. The molecule has 3 saturated heterocycles. The predicted octanol–water partition coefficient (Wildman–Crippen LogP) is 1.50. The maximum Gasteiger partial charge on any atom is 0.290 e. The third-order valence-electron chi connectivity index (χ3n) is 5.81. The molecule has 9 heteroatoms. The average Bonchev–Trinajstić information content (AvgIpc) is 3.18. The van der Waals surface area contributed by atoms with Gasteiger partial charge < -0.3 is 26.0 Å². The lowest BCUT2D eigenvalue weighted by Gasteiger charge is -2.44. The first-order valence-corrected chi connectivity index (χ1v) is 10.7. The van der Waals surface area contributed by atoms with E-state index in [0.717, 1.165) is 49.2 Å². The van der Waals surface area contributed by atoms with Gasteiger partial charge in [-0.2, -0.15) is 5.10 Å². The van der Waals surface area contributed by atoms with Crippen LogP contribution >= 0.6 is 0 Å². The molecule has 2 bridgehead atoms. The van der Waals surface area contributed by atoms with Crippen molar-refractivity contribution in [1.29, 1.82) is 0 Å². The first-order valence-electron chi connectivity index (χ1n) is 10.7. The monoisotopic (exact) mass is 416 g/mol. The van der Waals surface area contributed by atoms with Crippen LogP contribution in [0, 0.1) is 5.92 Å². The van der Waals surface area contributed by atoms with Crippen LogP contribution in [-0.4, -0.2) is 77.9 Å². The van der Waals surface area contributed by atoms with Crippen molar-refractivity contribution in [2.75, 3.05) is 44.6 Å². The van der Waals surface area contributed by atoms with Gasteiger partial charge in [0.25, 0.3) is 12.4 Å². The van der Waals surface area contributed by atoms with Gasteiger partial charge in [-0.05, 0) is 63.0 Å². The number of hydrogen-bond donors (Lipinski definition) is 5. The Morgan fingerprint density at radius 2 is 2.07 bits per heavy atom. The number of amides is 1. The Morgan fingerprint density at radius 1 is 1.30 bits per heavy atom. The first kappa shape index (κ1) is 22.0. The molecule has 3 fully saturated rings. The molecule has 164 valence electrons. The molecular formula is C21H32N6O3. The van der Waals surface area contributed by atoms with Gasteiger partial charge in [0.2, 0.25) is 0 Å². The van der Waals surface area contributed by atoms with E-state index in [4.69, 9.17) is 9.90 Å². The highest BCUT2D eigenvalue weighted by Crippen LogP contribution is 2.28. The lowest BCUT2D eigenvalue weighted by Crippen LogP contribution is -2.57. The maximum absolute atomic E-state index is 12.8. The maximum atomic E-state index is 12.8. The van der Waals surface area contributed by atoms with Crippen molar-refractivity contribution < 1.29 is 14.7 Å². The lowest BCUT2D eigenvalue weighted by atomic mass is 9.84. The fourth-order valence-electron chi connectivity index (χ4n) is 4.27. The number of aromatic nitrogens is 2. The quantitative estimate of drug-likeness (QED) is 0.326. The highest BCUT2D eigenvalue weighted by molar-refractivity contribution is 6.05. The number of carbonyl (C=O) groups excluding carboxylic acids is 1. The van der Waals surface area contributed by atoms with Gasteiger partial charge in [-0.1, -0.05) is 6.92 Å². The first-order chi connectivity index (χ1) is 14.7. The number of piperidine rings is 3. The molecule has 30 heavy (non-hydrogen) atoms. The molecule has 4 heterocycles. The van der Waals surface area contributed by atoms with Gasteiger partial charge in [0, 0.05) is 36.7 Å². The Labute approximate surface area is 176 Å². The van der Waals surface area contributed by atoms with Crippen LogP contribution in [0.15, 0.2) is 18.2 Å². The summed E-state index contributed by atoms with van der Waals surface area (Å²) in [4.78, 5) is 23.6. The molecule has 0 radical (unpaired) electrons. The number of rotatable bonds is 8. The van der Waals surface area contributed by atoms with Crippen molar-refractivity contribution in [3.05, 3.63) is 23.9 Å². The van der Waals surface area contributed by atoms with Crippen LogP contribution in [0.5, 0.6) is 0 Å². The Morgan fingerprint density at radius 3 is 2.73 bits per heavy atom. The fourth-order valence-corrected chi connectivity index (χ4v) is 4.27. The summed E-state index contributed by atoms with van der Waals surface area (Å²) in [5, 5.41) is 25.1. The van der Waals surface area contributed by atoms with Crippen LogP contribution in [0.25, 0.3) is 10.9 Å². The minimum Gasteiger partial charge on any atom is -0.483 e. The van der Waals surface area contributed by atoms with Gasteiger partial charge in [0.15, 0.2) is 5.69 Å². The predicted molar refractivity (Wildman–Crippen MR) is 117 cm³/mol. The molecule has 0 unspecified atom stereocenters. The van der Waals surface area contributed by atoms with Gasteiger partial charge >= 0.3 is 0 Å². The number of carboxylic acid groups (broad SMARTS) is 1. The van der Waals surface area contributed by atoms with Crippen molar-refractivity contribution in [1.82, 2.24) is 25.7 Å². The second kappa shape index (κ2) is 10.9. The summed E-state index contributed by atoms with van der Waals surface area (Å²) in [6, 6.07) is 6.27. The van der Waals surface area contributed by atoms with Crippen LogP contribution < -0.4 is 16.0 Å². The number of fused-ring (bicyclic) bond motifs is 4. The standard InChI is InChI=1S/C20H30N6O.CH2O2/c1-2-7-21-8-9-22-15-3-4-16-17(12-15)24-25-19(16)20(27)23-18-13-26-10-5-14(18)6-11-26;2-1-3/h3-4,12,14,18,21-22H,2,5-11,13H2,1H3,(H,23,27)(H,24,25);1H,(H,2,3)/t18-;/m1./s1. The van der Waals surface area contributed by atoms with E-state index in [2.05, 4.69) is 38.0 Å². The second-order valence-corrected chi connectivity index (χ2v) is 7.83. The van der Waals surface area contributed by atoms with E-state index in [-0.39, 0.29) is 18.4 Å². The molecule has 0 spiro atoms. The largest absolute Gasteiger partial charge is 0.483 e. The summed E-state index contributed by atoms with van der Waals surface area (Å²) in [7, 11) is 0. The highest BCUT2D eigenvalue weighted by Gasteiger charge is 2.35. The molecule has 1 aromatic heterocycles. The van der Waals surface area contributed by atoms with E-state index in [1.807, 2.05) is 18.2 Å². The zero-order chi connectivity index (χ0) is 21.3. The number of carbonyl (C=O) groups is 2. The Kier molecular flexibility index (Phi) is 8.04. The molecule has 3 aliphatic heterocycles. The van der Waals surface area contributed by atoms with E-state index in [1.165, 1.54) is 25.9 Å². The molecule has 3 aliphatic rings. The van der Waals surface area contributed by atoms with Gasteiger partial charge in [-0.25, -0.2) is 0 Å². The van der Waals surface area contributed by atoms with Crippen LogP contribution in [0.3, 0.4) is 0 Å². The molecule has 5 rings (SSSR count). The third kappa shape index (κ3) is 5.48. The van der Waals surface area contributed by atoms with Gasteiger partial charge in [-0.3, -0.25) is 14.7 Å². The van der Waals surface area contributed by atoms with Crippen LogP contribution in [0.4, 0.5) is 5.69 Å². The Hall–Kier alpha value is -2.65. The van der Waals surface area contributed by atoms with Gasteiger partial charge in [0.05, 0.1) is 5.52 Å². The number of nitrogens with one attached hydrogen (secondary N) is 4. The number of nitrogens with zero attached hydrogens (tertiary/aromatic N) is 2. The SMILES string of the molecule is CCCNCCNc1ccc2c(C(=O)N[C@@H]3CN4CCC3CC4)n[nH]c2c1.O=CO. The van der Waals surface area contributed by atoms with Crippen LogP contribution in [-0.2, 0) is 4.79 Å². The summed E-state index contributed by atoms with van der Waals surface area (Å²) in [6.07, 6.45) is 3.52. The lowest BCUT2D eigenvalue weighted by molar-refractivity contribution is -0.122. The van der Waals surface area contributed by atoms with Crippen molar-refractivity contribution in [2.24, 2.45) is 5.92 Å². The highest BCUT2D eigenvalue weighted by atomic mass is 16.3. The number of H-pyrrole nitrogens is 1. The van der Waals surface area contributed by atoms with E-state index < -0.39 is 0 Å². The van der Waals surface area contributed by atoms with E-state index in [1.54, 1.807) is 0 Å². The average molecular weight is 417 g/mol. The van der Waals surface area contributed by atoms with Crippen LogP contribution in [0.1, 0.15) is 36.7 Å². The summed E-state index contributed by atoms with van der Waals surface area (Å²) in [5.41, 5.74) is 2.42. The number of aromatic amines is 1. The fraction of sp³-hybridized carbons (Fsp3) is 0.571. The molecule has 1 amide bonds. The molecule has 5 N–H and O–H groups in total. The molecule has 0 saturated carbocycles. The Balaban J connectivity index is 0.000000806. The number of hydrogen-bond acceptors (Lipinski definition) is 6. The summed E-state index contributed by atoms with van der Waals surface area (Å²) in [6.45, 7) is 8.07. The summed E-state index contributed by atoms with van der Waals surface area (Å²) in [5.74, 6) is 0.547. The zero-order valence-electron chi connectivity index (χ0n) is 17.5. The smallest absolute Gasteiger partial charge is 0.290 e. The topological polar surface area (TPSA) is 122 Å². The molecular weight excluding hydrogens is 384 g/mol. The van der Waals surface area contributed by atoms with Crippen molar-refractivity contribution in [2.45, 2.75) is 32.2 Å². The number of anilines is 1. The van der Waals surface area contributed by atoms with Crippen molar-refractivity contribution >= 4 is 29.0 Å². The van der Waals surface area contributed by atoms with E-state index in [0.29, 0.717) is 11.6 Å². The summed E-state index contributed by atoms with van der Waals surface area (Å²) < 4.78 is 0. The van der Waals surface area contributed by atoms with Crippen molar-refractivity contribution in [3.63, 3.8) is 0 Å². The minimum absolute atomic E-state index is 0.0653. The van der Waals surface area contributed by atoms with Crippen LogP contribution in [0.2, 0.25) is 0 Å². The number of benzene rings is 1. The molecule has 9 nitrogen and oxygen atoms in total. The Bertz CT molecular complexity index is 831. The molecule has 0 aliphatic carbocycles. The van der Waals surface area contributed by atoms with E-state index >= 15 is 0 Å². The van der Waals surface area contributed by atoms with E-state index in [9.17, 15) is 4.79 Å². The zero-order valence-corrected chi connectivity index (χ0v) is 17.5. The molecule has 1 atom stereocenters. The molecule has 1 aromatic carbocycles. The second-order valence-electron chi connectivity index (χ2n) is 7.83. The van der Waals surface area contributed by atoms with Gasteiger partial charge in [-0.15, -0.1) is 0 Å². The van der Waals surface area contributed by atoms with Crippen molar-refractivity contribution in [3.8, 4) is 0 Å². The normalized spacial score (nSPS) is 22.2. The van der Waals surface area contributed by atoms with Gasteiger partial charge in [0.1, 0.15) is 0 Å². The summed E-state index contributed by atoms with van der Waals surface area (Å²) >= 11 is 0.